The van der Waals surface area contributed by atoms with Crippen LogP contribution >= 0.6 is 34.2 Å². The zero-order valence-corrected chi connectivity index (χ0v) is 15.9. The number of hydrogen-bond acceptors (Lipinski definition) is 3. The van der Waals surface area contributed by atoms with E-state index in [0.717, 1.165) is 41.5 Å². The molecule has 122 valence electrons. The molecule has 6 heteroatoms. The molecule has 2 heterocycles. The fraction of sp³-hybridized carbons (Fsp3) is 0.167. The highest BCUT2D eigenvalue weighted by Gasteiger charge is 2.25. The van der Waals surface area contributed by atoms with Gasteiger partial charge in [0.15, 0.2) is 0 Å². The molecule has 0 bridgehead atoms. The fourth-order valence-corrected chi connectivity index (χ4v) is 3.75. The first-order chi connectivity index (χ1) is 11.7. The molecule has 4 nitrogen and oxygen atoms in total. The molecule has 1 aliphatic rings. The molecule has 1 aromatic heterocycles. The van der Waals surface area contributed by atoms with Gasteiger partial charge < -0.3 is 10.1 Å². The lowest BCUT2D eigenvalue weighted by Gasteiger charge is -2.11. The summed E-state index contributed by atoms with van der Waals surface area (Å²) in [6, 6.07) is 14.0. The number of nitrogens with zero attached hydrogens (tertiary/aromatic N) is 2. The van der Waals surface area contributed by atoms with Crippen LogP contribution < -0.4 is 10.1 Å². The lowest BCUT2D eigenvalue weighted by atomic mass is 10.1. The van der Waals surface area contributed by atoms with Crippen molar-refractivity contribution in [3.05, 3.63) is 56.6 Å². The third-order valence-electron chi connectivity index (χ3n) is 4.12. The molecule has 0 radical (unpaired) electrons. The Hall–Kier alpha value is -1.73. The topological polar surface area (TPSA) is 39.1 Å². The number of nitrogens with one attached hydrogen (secondary N) is 1. The lowest BCUT2D eigenvalue weighted by Crippen LogP contribution is -2.05. The summed E-state index contributed by atoms with van der Waals surface area (Å²) in [5.74, 6) is 1.76. The molecule has 0 atom stereocenters. The Bertz CT molecular complexity index is 923. The Morgan fingerprint density at radius 2 is 2.12 bits per heavy atom. The van der Waals surface area contributed by atoms with E-state index >= 15 is 0 Å². The van der Waals surface area contributed by atoms with Crippen molar-refractivity contribution in [2.24, 2.45) is 0 Å². The molecule has 0 amide bonds. The monoisotopic (exact) mass is 451 g/mol. The van der Waals surface area contributed by atoms with E-state index in [2.05, 4.69) is 52.2 Å². The van der Waals surface area contributed by atoms with Crippen LogP contribution in [0.2, 0.25) is 5.02 Å². The minimum atomic E-state index is 0.656. The van der Waals surface area contributed by atoms with Crippen molar-refractivity contribution in [3.8, 4) is 22.7 Å². The van der Waals surface area contributed by atoms with Gasteiger partial charge in [0.05, 0.1) is 12.8 Å². The van der Waals surface area contributed by atoms with E-state index in [1.807, 2.05) is 22.9 Å². The van der Waals surface area contributed by atoms with Crippen molar-refractivity contribution in [2.45, 2.75) is 6.42 Å². The number of anilines is 1. The van der Waals surface area contributed by atoms with Crippen LogP contribution in [0.25, 0.3) is 16.9 Å². The molecule has 0 saturated heterocycles. The summed E-state index contributed by atoms with van der Waals surface area (Å²) < 4.78 is 8.60. The smallest absolute Gasteiger partial charge is 0.144 e. The molecular weight excluding hydrogens is 437 g/mol. The largest absolute Gasteiger partial charge is 0.494 e. The van der Waals surface area contributed by atoms with Crippen LogP contribution in [0.5, 0.6) is 5.75 Å². The SMILES string of the molecule is COc1ccc(Cl)cc1-n1nc(-c2cccc(I)c2)c2c1NCC2. The maximum absolute atomic E-state index is 6.20. The third kappa shape index (κ3) is 2.65. The molecule has 4 rings (SSSR count). The number of hydrogen-bond donors (Lipinski definition) is 1. The van der Waals surface area contributed by atoms with Crippen LogP contribution in [0.4, 0.5) is 5.82 Å². The fourth-order valence-electron chi connectivity index (χ4n) is 3.05. The summed E-state index contributed by atoms with van der Waals surface area (Å²) >= 11 is 8.53. The van der Waals surface area contributed by atoms with E-state index < -0.39 is 0 Å². The van der Waals surface area contributed by atoms with E-state index in [-0.39, 0.29) is 0 Å². The molecule has 0 saturated carbocycles. The number of methoxy groups -OCH3 is 1. The summed E-state index contributed by atoms with van der Waals surface area (Å²) in [5, 5.41) is 8.97. The summed E-state index contributed by atoms with van der Waals surface area (Å²) in [6.45, 7) is 0.910. The van der Waals surface area contributed by atoms with E-state index in [1.165, 1.54) is 9.13 Å². The Labute approximate surface area is 158 Å². The second kappa shape index (κ2) is 6.29. The standard InChI is InChI=1S/C18H15ClIN3O/c1-24-16-6-5-12(19)10-15(16)23-18-14(7-8-21-18)17(22-23)11-3-2-4-13(20)9-11/h2-6,9-10,21H,7-8H2,1H3. The first-order valence-corrected chi connectivity index (χ1v) is 9.08. The summed E-state index contributed by atoms with van der Waals surface area (Å²) in [5.41, 5.74) is 4.21. The van der Waals surface area contributed by atoms with E-state index in [0.29, 0.717) is 5.02 Å². The predicted octanol–water partition coefficient (Wildman–Crippen LogP) is 4.77. The van der Waals surface area contributed by atoms with E-state index in [9.17, 15) is 0 Å². The van der Waals surface area contributed by atoms with Crippen molar-refractivity contribution >= 4 is 40.0 Å². The minimum absolute atomic E-state index is 0.656. The van der Waals surface area contributed by atoms with Gasteiger partial charge in [-0.1, -0.05) is 23.7 Å². The highest BCUT2D eigenvalue weighted by molar-refractivity contribution is 14.1. The predicted molar refractivity (Wildman–Crippen MR) is 105 cm³/mol. The maximum Gasteiger partial charge on any atom is 0.144 e. The molecule has 0 spiro atoms. The van der Waals surface area contributed by atoms with Crippen molar-refractivity contribution in [2.75, 3.05) is 19.0 Å². The molecule has 1 aliphatic heterocycles. The van der Waals surface area contributed by atoms with E-state index in [4.69, 9.17) is 21.4 Å². The second-order valence-electron chi connectivity index (χ2n) is 5.59. The van der Waals surface area contributed by atoms with Crippen molar-refractivity contribution in [3.63, 3.8) is 0 Å². The molecule has 0 fully saturated rings. The van der Waals surface area contributed by atoms with Gasteiger partial charge in [0.2, 0.25) is 0 Å². The summed E-state index contributed by atoms with van der Waals surface area (Å²) in [7, 11) is 1.66. The number of halogens is 2. The number of ether oxygens (including phenoxy) is 1. The van der Waals surface area contributed by atoms with E-state index in [1.54, 1.807) is 7.11 Å². The molecular formula is C18H15ClIN3O. The van der Waals surface area contributed by atoms with Gasteiger partial charge in [0, 0.05) is 26.3 Å². The highest BCUT2D eigenvalue weighted by atomic mass is 127. The summed E-state index contributed by atoms with van der Waals surface area (Å²) in [6.07, 6.45) is 0.957. The lowest BCUT2D eigenvalue weighted by molar-refractivity contribution is 0.412. The highest BCUT2D eigenvalue weighted by Crippen LogP contribution is 2.37. The number of rotatable bonds is 3. The Morgan fingerprint density at radius 1 is 1.25 bits per heavy atom. The van der Waals surface area contributed by atoms with Gasteiger partial charge in [-0.05, 0) is 59.3 Å². The normalized spacial score (nSPS) is 12.8. The van der Waals surface area contributed by atoms with Crippen LogP contribution in [0.15, 0.2) is 42.5 Å². The third-order valence-corrected chi connectivity index (χ3v) is 5.02. The Balaban J connectivity index is 1.93. The van der Waals surface area contributed by atoms with Gasteiger partial charge in [0.25, 0.3) is 0 Å². The zero-order valence-electron chi connectivity index (χ0n) is 13.0. The first kappa shape index (κ1) is 15.8. The average Bonchev–Trinajstić information content (AvgIpc) is 3.17. The first-order valence-electron chi connectivity index (χ1n) is 7.63. The second-order valence-corrected chi connectivity index (χ2v) is 7.27. The molecule has 3 aromatic rings. The van der Waals surface area contributed by atoms with Crippen LogP contribution in [-0.2, 0) is 6.42 Å². The van der Waals surface area contributed by atoms with Crippen LogP contribution in [0, 0.1) is 3.57 Å². The Morgan fingerprint density at radius 3 is 2.92 bits per heavy atom. The van der Waals surface area contributed by atoms with Gasteiger partial charge in [0.1, 0.15) is 17.3 Å². The molecule has 24 heavy (non-hydrogen) atoms. The Kier molecular flexibility index (Phi) is 4.14. The van der Waals surface area contributed by atoms with Gasteiger partial charge in [-0.25, -0.2) is 4.68 Å². The molecule has 0 aliphatic carbocycles. The van der Waals surface area contributed by atoms with Crippen LogP contribution in [0.1, 0.15) is 5.56 Å². The number of benzene rings is 2. The van der Waals surface area contributed by atoms with Gasteiger partial charge >= 0.3 is 0 Å². The van der Waals surface area contributed by atoms with Crippen molar-refractivity contribution < 1.29 is 4.74 Å². The van der Waals surface area contributed by atoms with Gasteiger partial charge in [-0.2, -0.15) is 5.10 Å². The van der Waals surface area contributed by atoms with Gasteiger partial charge in [-0.15, -0.1) is 0 Å². The van der Waals surface area contributed by atoms with Crippen LogP contribution in [0.3, 0.4) is 0 Å². The van der Waals surface area contributed by atoms with Crippen molar-refractivity contribution in [1.82, 2.24) is 9.78 Å². The number of fused-ring (bicyclic) bond motifs is 1. The van der Waals surface area contributed by atoms with Crippen molar-refractivity contribution in [1.29, 1.82) is 0 Å². The van der Waals surface area contributed by atoms with Crippen LogP contribution in [-0.4, -0.2) is 23.4 Å². The molecule has 1 N–H and O–H groups in total. The molecule has 0 unspecified atom stereocenters. The average molecular weight is 452 g/mol. The zero-order chi connectivity index (χ0) is 16.7. The maximum atomic E-state index is 6.20. The molecule has 2 aromatic carbocycles. The number of aromatic nitrogens is 2. The minimum Gasteiger partial charge on any atom is -0.494 e. The quantitative estimate of drug-likeness (QED) is 0.583. The summed E-state index contributed by atoms with van der Waals surface area (Å²) in [4.78, 5) is 0. The van der Waals surface area contributed by atoms with Gasteiger partial charge in [-0.3, -0.25) is 0 Å².